The zero-order valence-corrected chi connectivity index (χ0v) is 21.7. The lowest BCUT2D eigenvalue weighted by Gasteiger charge is -2.27. The van der Waals surface area contributed by atoms with Crippen LogP contribution in [0.2, 0.25) is 0 Å². The van der Waals surface area contributed by atoms with E-state index < -0.39 is 0 Å². The van der Waals surface area contributed by atoms with E-state index in [0.29, 0.717) is 0 Å². The van der Waals surface area contributed by atoms with Gasteiger partial charge in [0.25, 0.3) is 0 Å². The molecule has 0 radical (unpaired) electrons. The Morgan fingerprint density at radius 1 is 0.771 bits per heavy atom. The van der Waals surface area contributed by atoms with Gasteiger partial charge in [-0.05, 0) is 69.0 Å². The van der Waals surface area contributed by atoms with Gasteiger partial charge in [0.1, 0.15) is 0 Å². The summed E-state index contributed by atoms with van der Waals surface area (Å²) in [5.74, 6) is 0. The quantitative estimate of drug-likeness (QED) is 0.262. The van der Waals surface area contributed by atoms with Crippen LogP contribution >= 0.6 is 0 Å². The monoisotopic (exact) mass is 456 g/mol. The number of rotatable bonds is 5. The zero-order valence-electron chi connectivity index (χ0n) is 21.7. The van der Waals surface area contributed by atoms with Gasteiger partial charge in [-0.15, -0.1) is 0 Å². The highest BCUT2D eigenvalue weighted by atomic mass is 14.4. The van der Waals surface area contributed by atoms with Crippen LogP contribution in [0.25, 0.3) is 21.5 Å². The number of hydrogen-bond acceptors (Lipinski definition) is 0. The van der Waals surface area contributed by atoms with Gasteiger partial charge in [-0.1, -0.05) is 136 Å². The lowest BCUT2D eigenvalue weighted by Crippen LogP contribution is -2.18. The van der Waals surface area contributed by atoms with Gasteiger partial charge in [-0.25, -0.2) is 0 Å². The van der Waals surface area contributed by atoms with Crippen molar-refractivity contribution in [2.45, 2.75) is 58.3 Å². The van der Waals surface area contributed by atoms with E-state index in [1.165, 1.54) is 49.4 Å². The molecule has 0 aromatic heterocycles. The number of hydrogen-bond donors (Lipinski definition) is 0. The number of fused-ring (bicyclic) bond motifs is 4. The fourth-order valence-corrected chi connectivity index (χ4v) is 6.11. The summed E-state index contributed by atoms with van der Waals surface area (Å²) in [6, 6.07) is 26.6. The molecule has 0 amide bonds. The topological polar surface area (TPSA) is 0 Å². The summed E-state index contributed by atoms with van der Waals surface area (Å²) < 4.78 is 0. The highest BCUT2D eigenvalue weighted by molar-refractivity contribution is 5.90. The Balaban J connectivity index is 1.33. The van der Waals surface area contributed by atoms with Crippen LogP contribution in [0.15, 0.2) is 109 Å². The van der Waals surface area contributed by atoms with E-state index in [2.05, 4.69) is 138 Å². The standard InChI is InChI=1S/C35H36/c1-25-19-20-26-14-9-11-17-30(26)32(25)34(2,3)23-13-7-6-8-16-29-24-28-22-21-27-15-10-12-18-31(27)33(28)35(29,4)5/h6-22H,23-24H2,1-5H3/b8-6+,13-7+,29-16+. The maximum absolute atomic E-state index is 2.37. The second-order valence-corrected chi connectivity index (χ2v) is 11.2. The van der Waals surface area contributed by atoms with Gasteiger partial charge in [-0.3, -0.25) is 0 Å². The Kier molecular flexibility index (Phi) is 6.01. The van der Waals surface area contributed by atoms with Gasteiger partial charge < -0.3 is 0 Å². The van der Waals surface area contributed by atoms with Crippen LogP contribution in [0.3, 0.4) is 0 Å². The minimum absolute atomic E-state index is 0.0537. The van der Waals surface area contributed by atoms with E-state index in [1.807, 2.05) is 0 Å². The van der Waals surface area contributed by atoms with Crippen LogP contribution in [0.4, 0.5) is 0 Å². The molecular weight excluding hydrogens is 420 g/mol. The third kappa shape index (κ3) is 4.27. The van der Waals surface area contributed by atoms with Gasteiger partial charge in [0.2, 0.25) is 0 Å². The molecule has 0 heteroatoms. The molecule has 0 spiro atoms. The molecule has 0 saturated carbocycles. The van der Waals surface area contributed by atoms with Crippen LogP contribution < -0.4 is 0 Å². The molecule has 0 saturated heterocycles. The minimum atomic E-state index is 0.0537. The first-order valence-corrected chi connectivity index (χ1v) is 12.8. The van der Waals surface area contributed by atoms with Crippen molar-refractivity contribution in [2.75, 3.05) is 0 Å². The van der Waals surface area contributed by atoms with E-state index in [4.69, 9.17) is 0 Å². The smallest absolute Gasteiger partial charge is 0.0120 e. The first-order valence-electron chi connectivity index (χ1n) is 12.8. The Morgan fingerprint density at radius 3 is 2.20 bits per heavy atom. The molecule has 0 N–H and O–H groups in total. The van der Waals surface area contributed by atoms with Gasteiger partial charge in [0.15, 0.2) is 0 Å². The van der Waals surface area contributed by atoms with E-state index in [1.54, 1.807) is 0 Å². The second kappa shape index (κ2) is 9.00. The molecule has 4 aromatic carbocycles. The molecule has 4 aromatic rings. The molecule has 0 atom stereocenters. The molecule has 0 aliphatic heterocycles. The van der Waals surface area contributed by atoms with Crippen molar-refractivity contribution in [3.8, 4) is 0 Å². The molecule has 0 fully saturated rings. The van der Waals surface area contributed by atoms with Crippen LogP contribution in [0.5, 0.6) is 0 Å². The highest BCUT2D eigenvalue weighted by Gasteiger charge is 2.35. The second-order valence-electron chi connectivity index (χ2n) is 11.2. The average Bonchev–Trinajstić information content (AvgIpc) is 3.10. The van der Waals surface area contributed by atoms with Crippen LogP contribution in [0.1, 0.15) is 56.4 Å². The largest absolute Gasteiger partial charge is 0.0837 e. The summed E-state index contributed by atoms with van der Waals surface area (Å²) in [5.41, 5.74) is 7.42. The first-order chi connectivity index (χ1) is 16.8. The molecule has 1 aliphatic rings. The molecule has 0 heterocycles. The molecule has 0 nitrogen and oxygen atoms in total. The summed E-state index contributed by atoms with van der Waals surface area (Å²) in [6.45, 7) is 11.7. The van der Waals surface area contributed by atoms with Gasteiger partial charge in [0.05, 0.1) is 0 Å². The van der Waals surface area contributed by atoms with Crippen molar-refractivity contribution in [3.05, 3.63) is 131 Å². The lowest BCUT2D eigenvalue weighted by molar-refractivity contribution is 0.536. The number of benzene rings is 4. The Hall–Kier alpha value is -3.38. The molecule has 0 bridgehead atoms. The van der Waals surface area contributed by atoms with Gasteiger partial charge in [0, 0.05) is 5.41 Å². The van der Waals surface area contributed by atoms with Crippen molar-refractivity contribution in [1.82, 2.24) is 0 Å². The first kappa shape index (κ1) is 23.4. The third-order valence-corrected chi connectivity index (χ3v) is 7.92. The minimum Gasteiger partial charge on any atom is -0.0837 e. The van der Waals surface area contributed by atoms with E-state index in [0.717, 1.165) is 12.8 Å². The SMILES string of the molecule is Cc1ccc2ccccc2c1C(C)(C)C/C=C/C=C/C=C1\Cc2ccc3ccccc3c2C1(C)C. The average molecular weight is 457 g/mol. The summed E-state index contributed by atoms with van der Waals surface area (Å²) in [6.07, 6.45) is 13.3. The third-order valence-electron chi connectivity index (χ3n) is 7.92. The van der Waals surface area contributed by atoms with Crippen molar-refractivity contribution in [2.24, 2.45) is 0 Å². The van der Waals surface area contributed by atoms with Gasteiger partial charge >= 0.3 is 0 Å². The molecule has 5 rings (SSSR count). The predicted octanol–water partition coefficient (Wildman–Crippen LogP) is 9.54. The molecule has 0 unspecified atom stereocenters. The predicted molar refractivity (Wildman–Crippen MR) is 153 cm³/mol. The highest BCUT2D eigenvalue weighted by Crippen LogP contribution is 2.46. The maximum Gasteiger partial charge on any atom is 0.0120 e. The van der Waals surface area contributed by atoms with Crippen LogP contribution in [-0.4, -0.2) is 0 Å². The number of allylic oxidation sites excluding steroid dienone is 6. The Bertz CT molecular complexity index is 1490. The van der Waals surface area contributed by atoms with Crippen molar-refractivity contribution >= 4 is 21.5 Å². The van der Waals surface area contributed by atoms with E-state index >= 15 is 0 Å². The van der Waals surface area contributed by atoms with Crippen molar-refractivity contribution in [3.63, 3.8) is 0 Å². The van der Waals surface area contributed by atoms with Crippen molar-refractivity contribution in [1.29, 1.82) is 0 Å². The summed E-state index contributed by atoms with van der Waals surface area (Å²) in [4.78, 5) is 0. The van der Waals surface area contributed by atoms with E-state index in [-0.39, 0.29) is 10.8 Å². The fraction of sp³-hybridized carbons (Fsp3) is 0.257. The summed E-state index contributed by atoms with van der Waals surface area (Å²) >= 11 is 0. The van der Waals surface area contributed by atoms with Crippen molar-refractivity contribution < 1.29 is 0 Å². The van der Waals surface area contributed by atoms with Crippen LogP contribution in [-0.2, 0) is 17.3 Å². The summed E-state index contributed by atoms with van der Waals surface area (Å²) in [7, 11) is 0. The summed E-state index contributed by atoms with van der Waals surface area (Å²) in [5, 5.41) is 5.43. The van der Waals surface area contributed by atoms with E-state index in [9.17, 15) is 0 Å². The zero-order chi connectivity index (χ0) is 24.6. The Morgan fingerprint density at radius 2 is 1.43 bits per heavy atom. The number of aryl methyl sites for hydroxylation is 1. The normalized spacial score (nSPS) is 16.8. The molecule has 35 heavy (non-hydrogen) atoms. The molecule has 176 valence electrons. The molecular formula is C35H36. The lowest BCUT2D eigenvalue weighted by atomic mass is 9.77. The Labute approximate surface area is 210 Å². The van der Waals surface area contributed by atoms with Crippen LogP contribution in [0, 0.1) is 6.92 Å². The van der Waals surface area contributed by atoms with Gasteiger partial charge in [-0.2, -0.15) is 0 Å². The molecule has 1 aliphatic carbocycles. The maximum atomic E-state index is 2.37. The fourth-order valence-electron chi connectivity index (χ4n) is 6.11.